The van der Waals surface area contributed by atoms with E-state index in [1.54, 1.807) is 36.4 Å². The average Bonchev–Trinajstić information content (AvgIpc) is 2.68. The van der Waals surface area contributed by atoms with Crippen molar-refractivity contribution in [3.63, 3.8) is 0 Å². The molecule has 0 bridgehead atoms. The Morgan fingerprint density at radius 1 is 0.690 bits per heavy atom. The Hall–Kier alpha value is -2.93. The smallest absolute Gasteiger partial charge is 0.257 e. The standard InChI is InChI=1S/C21H15Cl2N3O2S/c22-15-9-14(10-16(23)12-15)20(28)26-21(29)25-18-8-4-5-13(11-18)19(27)24-17-6-2-1-3-7-17/h1-12H,(H,24,27)(H2,25,26,28,29). The van der Waals surface area contributed by atoms with E-state index in [1.807, 2.05) is 18.2 Å². The number of nitrogens with one attached hydrogen (secondary N) is 3. The van der Waals surface area contributed by atoms with E-state index in [2.05, 4.69) is 16.0 Å². The number of hydrogen-bond acceptors (Lipinski definition) is 3. The van der Waals surface area contributed by atoms with Crippen molar-refractivity contribution in [3.8, 4) is 0 Å². The van der Waals surface area contributed by atoms with Gasteiger partial charge < -0.3 is 10.6 Å². The number of rotatable bonds is 4. The minimum absolute atomic E-state index is 0.0757. The van der Waals surface area contributed by atoms with Crippen LogP contribution in [0, 0.1) is 0 Å². The monoisotopic (exact) mass is 443 g/mol. The van der Waals surface area contributed by atoms with E-state index in [1.165, 1.54) is 18.2 Å². The summed E-state index contributed by atoms with van der Waals surface area (Å²) in [7, 11) is 0. The third kappa shape index (κ3) is 6.02. The lowest BCUT2D eigenvalue weighted by atomic mass is 10.2. The Balaban J connectivity index is 1.64. The maximum absolute atomic E-state index is 12.4. The molecule has 0 spiro atoms. The first-order valence-electron chi connectivity index (χ1n) is 8.45. The highest BCUT2D eigenvalue weighted by Crippen LogP contribution is 2.19. The fraction of sp³-hybridized carbons (Fsp3) is 0. The molecule has 0 unspecified atom stereocenters. The minimum atomic E-state index is -0.454. The summed E-state index contributed by atoms with van der Waals surface area (Å²) < 4.78 is 0. The number of halogens is 2. The molecule has 0 heterocycles. The number of amides is 2. The molecule has 0 aliphatic heterocycles. The Kier molecular flexibility index (Phi) is 6.82. The molecule has 146 valence electrons. The maximum Gasteiger partial charge on any atom is 0.257 e. The molecule has 3 rings (SSSR count). The highest BCUT2D eigenvalue weighted by atomic mass is 35.5. The van der Waals surface area contributed by atoms with Crippen molar-refractivity contribution in [2.45, 2.75) is 0 Å². The predicted molar refractivity (Wildman–Crippen MR) is 121 cm³/mol. The first-order valence-corrected chi connectivity index (χ1v) is 9.62. The molecule has 0 aliphatic rings. The van der Waals surface area contributed by atoms with Crippen molar-refractivity contribution in [1.29, 1.82) is 0 Å². The topological polar surface area (TPSA) is 70.2 Å². The maximum atomic E-state index is 12.4. The molecule has 0 aromatic heterocycles. The molecule has 3 aromatic carbocycles. The molecular formula is C21H15Cl2N3O2S. The number of thiocarbonyl (C=S) groups is 1. The van der Waals surface area contributed by atoms with Crippen LogP contribution in [0.1, 0.15) is 20.7 Å². The van der Waals surface area contributed by atoms with Gasteiger partial charge in [0.15, 0.2) is 5.11 Å². The molecule has 0 fully saturated rings. The highest BCUT2D eigenvalue weighted by Gasteiger charge is 2.11. The van der Waals surface area contributed by atoms with E-state index in [-0.39, 0.29) is 16.6 Å². The fourth-order valence-electron chi connectivity index (χ4n) is 2.49. The lowest BCUT2D eigenvalue weighted by Crippen LogP contribution is -2.34. The molecule has 3 N–H and O–H groups in total. The van der Waals surface area contributed by atoms with Crippen molar-refractivity contribution in [3.05, 3.63) is 94.0 Å². The summed E-state index contributed by atoms with van der Waals surface area (Å²) in [5.41, 5.74) is 1.97. The molecule has 0 aliphatic carbocycles. The van der Waals surface area contributed by atoms with Crippen LogP contribution in [0.2, 0.25) is 10.0 Å². The number of anilines is 2. The second kappa shape index (κ2) is 9.52. The second-order valence-electron chi connectivity index (χ2n) is 5.97. The lowest BCUT2D eigenvalue weighted by molar-refractivity contribution is 0.0976. The number of carbonyl (C=O) groups is 2. The second-order valence-corrected chi connectivity index (χ2v) is 7.25. The van der Waals surface area contributed by atoms with E-state index in [9.17, 15) is 9.59 Å². The van der Waals surface area contributed by atoms with E-state index in [0.717, 1.165) is 0 Å². The molecule has 3 aromatic rings. The highest BCUT2D eigenvalue weighted by molar-refractivity contribution is 7.80. The van der Waals surface area contributed by atoms with Gasteiger partial charge in [0.1, 0.15) is 0 Å². The van der Waals surface area contributed by atoms with E-state index < -0.39 is 5.91 Å². The van der Waals surface area contributed by atoms with Crippen LogP contribution in [0.3, 0.4) is 0 Å². The van der Waals surface area contributed by atoms with Crippen LogP contribution in [0.4, 0.5) is 11.4 Å². The van der Waals surface area contributed by atoms with Gasteiger partial charge in [-0.25, -0.2) is 0 Å². The largest absolute Gasteiger partial charge is 0.332 e. The van der Waals surface area contributed by atoms with Crippen LogP contribution in [-0.4, -0.2) is 16.9 Å². The summed E-state index contributed by atoms with van der Waals surface area (Å²) in [6.45, 7) is 0. The Labute approximate surface area is 183 Å². The van der Waals surface area contributed by atoms with Gasteiger partial charge in [0.25, 0.3) is 11.8 Å². The molecular weight excluding hydrogens is 429 g/mol. The molecule has 29 heavy (non-hydrogen) atoms. The SMILES string of the molecule is O=C(NC(=S)Nc1cccc(C(=O)Nc2ccccc2)c1)c1cc(Cl)cc(Cl)c1. The number of hydrogen-bond donors (Lipinski definition) is 3. The van der Waals surface area contributed by atoms with Gasteiger partial charge in [0, 0.05) is 32.5 Å². The fourth-order valence-corrected chi connectivity index (χ4v) is 3.22. The summed E-state index contributed by atoms with van der Waals surface area (Å²) >= 11 is 17.0. The average molecular weight is 444 g/mol. The third-order valence-corrected chi connectivity index (χ3v) is 4.41. The zero-order chi connectivity index (χ0) is 20.8. The van der Waals surface area contributed by atoms with Gasteiger partial charge in [-0.15, -0.1) is 0 Å². The molecule has 2 amide bonds. The molecule has 8 heteroatoms. The zero-order valence-electron chi connectivity index (χ0n) is 14.9. The molecule has 0 saturated heterocycles. The Morgan fingerprint density at radius 2 is 1.34 bits per heavy atom. The van der Waals surface area contributed by atoms with Gasteiger partial charge in [-0.3, -0.25) is 14.9 Å². The van der Waals surface area contributed by atoms with Gasteiger partial charge in [0.2, 0.25) is 0 Å². The van der Waals surface area contributed by atoms with Gasteiger partial charge in [-0.05, 0) is 60.7 Å². The van der Waals surface area contributed by atoms with Crippen LogP contribution < -0.4 is 16.0 Å². The van der Waals surface area contributed by atoms with Gasteiger partial charge in [-0.2, -0.15) is 0 Å². The van der Waals surface area contributed by atoms with E-state index >= 15 is 0 Å². The normalized spacial score (nSPS) is 10.1. The third-order valence-electron chi connectivity index (χ3n) is 3.77. The summed E-state index contributed by atoms with van der Waals surface area (Å²) in [5, 5.41) is 9.01. The van der Waals surface area contributed by atoms with Gasteiger partial charge in [-0.1, -0.05) is 47.5 Å². The number of carbonyl (C=O) groups excluding carboxylic acids is 2. The first kappa shape index (κ1) is 20.8. The summed E-state index contributed by atoms with van der Waals surface area (Å²) in [6.07, 6.45) is 0. The minimum Gasteiger partial charge on any atom is -0.332 e. The van der Waals surface area contributed by atoms with Gasteiger partial charge >= 0.3 is 0 Å². The predicted octanol–water partition coefficient (Wildman–Crippen LogP) is 5.37. The van der Waals surface area contributed by atoms with Crippen molar-refractivity contribution in [1.82, 2.24) is 5.32 Å². The van der Waals surface area contributed by atoms with Crippen molar-refractivity contribution in [2.75, 3.05) is 10.6 Å². The van der Waals surface area contributed by atoms with Crippen LogP contribution >= 0.6 is 35.4 Å². The summed E-state index contributed by atoms with van der Waals surface area (Å²) in [6, 6.07) is 20.4. The zero-order valence-corrected chi connectivity index (χ0v) is 17.2. The Bertz CT molecular complexity index is 1050. The van der Waals surface area contributed by atoms with E-state index in [0.29, 0.717) is 27.0 Å². The quantitative estimate of drug-likeness (QED) is 0.473. The summed E-state index contributed by atoms with van der Waals surface area (Å²) in [5.74, 6) is -0.715. The van der Waals surface area contributed by atoms with E-state index in [4.69, 9.17) is 35.4 Å². The molecule has 0 atom stereocenters. The van der Waals surface area contributed by atoms with Crippen molar-refractivity contribution < 1.29 is 9.59 Å². The van der Waals surface area contributed by atoms with Gasteiger partial charge in [0.05, 0.1) is 0 Å². The first-order chi connectivity index (χ1) is 13.9. The van der Waals surface area contributed by atoms with Crippen LogP contribution in [-0.2, 0) is 0 Å². The number of para-hydroxylation sites is 1. The summed E-state index contributed by atoms with van der Waals surface area (Å²) in [4.78, 5) is 24.7. The van der Waals surface area contributed by atoms with Crippen LogP contribution in [0.25, 0.3) is 0 Å². The molecule has 0 saturated carbocycles. The van der Waals surface area contributed by atoms with Crippen LogP contribution in [0.5, 0.6) is 0 Å². The van der Waals surface area contributed by atoms with Crippen LogP contribution in [0.15, 0.2) is 72.8 Å². The Morgan fingerprint density at radius 3 is 2.03 bits per heavy atom. The van der Waals surface area contributed by atoms with Crippen molar-refractivity contribution in [2.24, 2.45) is 0 Å². The lowest BCUT2D eigenvalue weighted by Gasteiger charge is -2.11. The van der Waals surface area contributed by atoms with Crippen molar-refractivity contribution >= 4 is 63.7 Å². The number of benzene rings is 3. The molecule has 5 nitrogen and oxygen atoms in total. The molecule has 0 radical (unpaired) electrons.